The zero-order valence-corrected chi connectivity index (χ0v) is 11.4. The lowest BCUT2D eigenvalue weighted by Crippen LogP contribution is -2.46. The minimum atomic E-state index is 0.248. The summed E-state index contributed by atoms with van der Waals surface area (Å²) in [6, 6.07) is 0.248. The van der Waals surface area contributed by atoms with E-state index in [-0.39, 0.29) is 6.04 Å². The second-order valence-electron chi connectivity index (χ2n) is 6.09. The minimum absolute atomic E-state index is 0.248. The number of hydrogen-bond donors (Lipinski definition) is 1. The number of rotatable bonds is 5. The first-order chi connectivity index (χ1) is 7.50. The van der Waals surface area contributed by atoms with Crippen molar-refractivity contribution >= 4 is 0 Å². The van der Waals surface area contributed by atoms with Gasteiger partial charge in [-0.15, -0.1) is 0 Å². The van der Waals surface area contributed by atoms with Crippen molar-refractivity contribution in [1.29, 1.82) is 0 Å². The van der Waals surface area contributed by atoms with Crippen LogP contribution < -0.4 is 5.73 Å². The first kappa shape index (κ1) is 14.0. The third kappa shape index (κ3) is 4.42. The monoisotopic (exact) mass is 227 g/mol. The molecule has 4 unspecified atom stereocenters. The summed E-state index contributed by atoms with van der Waals surface area (Å²) in [5, 5.41) is 0. The summed E-state index contributed by atoms with van der Waals surface area (Å²) in [6.45, 7) is 9.98. The quantitative estimate of drug-likeness (QED) is 0.732. The van der Waals surface area contributed by atoms with Gasteiger partial charge in [0.25, 0.3) is 0 Å². The Labute approximate surface area is 101 Å². The van der Waals surface area contributed by atoms with Gasteiger partial charge in [-0.2, -0.15) is 0 Å². The van der Waals surface area contributed by atoms with E-state index in [1.165, 1.54) is 19.3 Å². The van der Waals surface area contributed by atoms with Crippen molar-refractivity contribution in [2.24, 2.45) is 23.5 Å². The smallest absolute Gasteiger partial charge is 0.0751 e. The average molecular weight is 227 g/mol. The van der Waals surface area contributed by atoms with Crippen LogP contribution in [0.3, 0.4) is 0 Å². The van der Waals surface area contributed by atoms with Crippen molar-refractivity contribution in [2.45, 2.75) is 65.5 Å². The number of hydrogen-bond acceptors (Lipinski definition) is 2. The van der Waals surface area contributed by atoms with Crippen molar-refractivity contribution < 1.29 is 4.74 Å². The van der Waals surface area contributed by atoms with Gasteiger partial charge in [0.15, 0.2) is 0 Å². The summed E-state index contributed by atoms with van der Waals surface area (Å²) >= 11 is 0. The third-order valence-corrected chi connectivity index (χ3v) is 3.67. The summed E-state index contributed by atoms with van der Waals surface area (Å²) in [7, 11) is 0. The summed E-state index contributed by atoms with van der Waals surface area (Å²) in [4.78, 5) is 0. The van der Waals surface area contributed by atoms with E-state index in [1.807, 2.05) is 0 Å². The maximum absolute atomic E-state index is 6.18. The van der Waals surface area contributed by atoms with Gasteiger partial charge in [-0.1, -0.05) is 27.7 Å². The molecular weight excluding hydrogens is 198 g/mol. The molecule has 1 saturated carbocycles. The van der Waals surface area contributed by atoms with Crippen molar-refractivity contribution in [3.8, 4) is 0 Å². The molecule has 2 N–H and O–H groups in total. The molecule has 2 nitrogen and oxygen atoms in total. The van der Waals surface area contributed by atoms with Crippen molar-refractivity contribution in [3.63, 3.8) is 0 Å². The first-order valence-corrected chi connectivity index (χ1v) is 6.88. The molecule has 0 aliphatic heterocycles. The molecule has 2 heteroatoms. The Morgan fingerprint density at radius 2 is 1.94 bits per heavy atom. The van der Waals surface area contributed by atoms with Crippen molar-refractivity contribution in [1.82, 2.24) is 0 Å². The first-order valence-electron chi connectivity index (χ1n) is 6.88. The van der Waals surface area contributed by atoms with Crippen LogP contribution in [0.5, 0.6) is 0 Å². The van der Waals surface area contributed by atoms with Crippen LogP contribution in [-0.2, 0) is 4.74 Å². The van der Waals surface area contributed by atoms with E-state index in [9.17, 15) is 0 Å². The second-order valence-corrected chi connectivity index (χ2v) is 6.09. The molecule has 4 atom stereocenters. The minimum Gasteiger partial charge on any atom is -0.376 e. The number of ether oxygens (including phenoxy) is 1. The molecule has 0 amide bonds. The maximum Gasteiger partial charge on any atom is 0.0751 e. The number of nitrogens with two attached hydrogens (primary N) is 1. The van der Waals surface area contributed by atoms with Gasteiger partial charge in [-0.25, -0.2) is 0 Å². The summed E-state index contributed by atoms with van der Waals surface area (Å²) in [5.41, 5.74) is 6.18. The maximum atomic E-state index is 6.18. The lowest BCUT2D eigenvalue weighted by atomic mass is 9.78. The highest BCUT2D eigenvalue weighted by atomic mass is 16.5. The van der Waals surface area contributed by atoms with Crippen LogP contribution in [-0.4, -0.2) is 18.8 Å². The molecule has 1 rings (SSSR count). The molecule has 96 valence electrons. The third-order valence-electron chi connectivity index (χ3n) is 3.67. The van der Waals surface area contributed by atoms with Gasteiger partial charge in [0.05, 0.1) is 6.10 Å². The van der Waals surface area contributed by atoms with Crippen LogP contribution >= 0.6 is 0 Å². The molecular formula is C14H29NO. The molecule has 1 fully saturated rings. The van der Waals surface area contributed by atoms with E-state index in [1.54, 1.807) is 0 Å². The molecule has 0 heterocycles. The Balaban J connectivity index is 2.24. The molecule has 0 radical (unpaired) electrons. The van der Waals surface area contributed by atoms with Gasteiger partial charge in [0.2, 0.25) is 0 Å². The van der Waals surface area contributed by atoms with E-state index in [2.05, 4.69) is 27.7 Å². The van der Waals surface area contributed by atoms with Crippen LogP contribution in [0, 0.1) is 17.8 Å². The molecule has 0 aromatic heterocycles. The standard InChI is InChI=1S/C14H29NO/c1-10(2)6-5-7-16-14-12(4)8-11(3)9-13(14)15/h10-14H,5-9,15H2,1-4H3. The molecule has 0 spiro atoms. The Hall–Kier alpha value is -0.0800. The van der Waals surface area contributed by atoms with Gasteiger partial charge in [0, 0.05) is 12.6 Å². The molecule has 0 bridgehead atoms. The highest BCUT2D eigenvalue weighted by Crippen LogP contribution is 2.30. The average Bonchev–Trinajstić information content (AvgIpc) is 2.14. The lowest BCUT2D eigenvalue weighted by Gasteiger charge is -2.37. The van der Waals surface area contributed by atoms with Crippen LogP contribution in [0.15, 0.2) is 0 Å². The summed E-state index contributed by atoms with van der Waals surface area (Å²) in [5.74, 6) is 2.17. The SMILES string of the molecule is CC(C)CCCOC1C(C)CC(C)CC1N. The highest BCUT2D eigenvalue weighted by Gasteiger charge is 2.32. The Bertz CT molecular complexity index is 181. The molecule has 0 aromatic carbocycles. The molecule has 1 aliphatic rings. The van der Waals surface area contributed by atoms with Crippen molar-refractivity contribution in [2.75, 3.05) is 6.61 Å². The van der Waals surface area contributed by atoms with Gasteiger partial charge in [-0.3, -0.25) is 0 Å². The van der Waals surface area contributed by atoms with Gasteiger partial charge >= 0.3 is 0 Å². The van der Waals surface area contributed by atoms with Gasteiger partial charge in [0.1, 0.15) is 0 Å². The summed E-state index contributed by atoms with van der Waals surface area (Å²) < 4.78 is 5.98. The zero-order valence-electron chi connectivity index (χ0n) is 11.4. The predicted octanol–water partition coefficient (Wildman–Crippen LogP) is 3.20. The predicted molar refractivity (Wildman–Crippen MR) is 69.3 cm³/mol. The Morgan fingerprint density at radius 3 is 2.50 bits per heavy atom. The lowest BCUT2D eigenvalue weighted by molar-refractivity contribution is -0.0301. The largest absolute Gasteiger partial charge is 0.376 e. The van der Waals surface area contributed by atoms with Gasteiger partial charge in [-0.05, 0) is 43.4 Å². The van der Waals surface area contributed by atoms with E-state index in [4.69, 9.17) is 10.5 Å². The van der Waals surface area contributed by atoms with E-state index in [0.717, 1.165) is 24.9 Å². The van der Waals surface area contributed by atoms with Gasteiger partial charge < -0.3 is 10.5 Å². The van der Waals surface area contributed by atoms with Crippen LogP contribution in [0.1, 0.15) is 53.4 Å². The Kier molecular flexibility index (Phi) is 5.77. The topological polar surface area (TPSA) is 35.2 Å². The highest BCUT2D eigenvalue weighted by molar-refractivity contribution is 4.86. The van der Waals surface area contributed by atoms with Crippen LogP contribution in [0.25, 0.3) is 0 Å². The van der Waals surface area contributed by atoms with E-state index >= 15 is 0 Å². The summed E-state index contributed by atoms with van der Waals surface area (Å²) in [6.07, 6.45) is 5.11. The molecule has 1 aliphatic carbocycles. The Morgan fingerprint density at radius 1 is 1.25 bits per heavy atom. The van der Waals surface area contributed by atoms with Crippen molar-refractivity contribution in [3.05, 3.63) is 0 Å². The van der Waals surface area contributed by atoms with E-state index < -0.39 is 0 Å². The normalized spacial score (nSPS) is 35.6. The molecule has 0 saturated heterocycles. The zero-order chi connectivity index (χ0) is 12.1. The fourth-order valence-corrected chi connectivity index (χ4v) is 2.88. The van der Waals surface area contributed by atoms with E-state index in [0.29, 0.717) is 12.0 Å². The van der Waals surface area contributed by atoms with Crippen LogP contribution in [0.4, 0.5) is 0 Å². The fourth-order valence-electron chi connectivity index (χ4n) is 2.88. The molecule has 0 aromatic rings. The second kappa shape index (κ2) is 6.61. The molecule has 16 heavy (non-hydrogen) atoms. The fraction of sp³-hybridized carbons (Fsp3) is 1.00. The van der Waals surface area contributed by atoms with Crippen LogP contribution in [0.2, 0.25) is 0 Å².